The molecule has 1 aromatic heterocycles. The number of anilines is 1. The molecule has 2 rings (SSSR count). The van der Waals surface area contributed by atoms with Crippen molar-refractivity contribution in [3.8, 4) is 17.7 Å². The van der Waals surface area contributed by atoms with Gasteiger partial charge in [0.15, 0.2) is 5.75 Å². The summed E-state index contributed by atoms with van der Waals surface area (Å²) < 4.78 is 5.46. The van der Waals surface area contributed by atoms with E-state index < -0.39 is 0 Å². The molecule has 2 N–H and O–H groups in total. The predicted molar refractivity (Wildman–Crippen MR) is 69.9 cm³/mol. The summed E-state index contributed by atoms with van der Waals surface area (Å²) in [5.74, 6) is 0.360. The predicted octanol–water partition coefficient (Wildman–Crippen LogP) is 3.63. The summed E-state index contributed by atoms with van der Waals surface area (Å²) in [5, 5.41) is 9.32. The van der Waals surface area contributed by atoms with Gasteiger partial charge in [0, 0.05) is 6.20 Å². The van der Waals surface area contributed by atoms with Gasteiger partial charge in [0.1, 0.15) is 11.1 Å². The number of pyridine rings is 1. The van der Waals surface area contributed by atoms with Crippen LogP contribution in [0.25, 0.3) is 0 Å². The van der Waals surface area contributed by atoms with Gasteiger partial charge < -0.3 is 10.5 Å². The van der Waals surface area contributed by atoms with Crippen molar-refractivity contribution in [2.24, 2.45) is 0 Å². The number of nitriles is 1. The van der Waals surface area contributed by atoms with Crippen molar-refractivity contribution in [1.82, 2.24) is 4.98 Å². The first-order valence-electron chi connectivity index (χ1n) is 4.90. The molecular formula is C12H7Cl2N3O. The summed E-state index contributed by atoms with van der Waals surface area (Å²) in [6, 6.07) is 8.40. The lowest BCUT2D eigenvalue weighted by Gasteiger charge is -2.10. The van der Waals surface area contributed by atoms with Crippen molar-refractivity contribution in [1.29, 1.82) is 5.26 Å². The van der Waals surface area contributed by atoms with Gasteiger partial charge in [-0.05, 0) is 18.2 Å². The molecule has 18 heavy (non-hydrogen) atoms. The second kappa shape index (κ2) is 5.13. The van der Waals surface area contributed by atoms with Gasteiger partial charge in [-0.3, -0.25) is 0 Å². The van der Waals surface area contributed by atoms with Crippen molar-refractivity contribution in [3.05, 3.63) is 46.1 Å². The number of hydrogen-bond donors (Lipinski definition) is 1. The summed E-state index contributed by atoms with van der Waals surface area (Å²) in [4.78, 5) is 3.94. The van der Waals surface area contributed by atoms with E-state index in [1.165, 1.54) is 12.3 Å². The minimum Gasteiger partial charge on any atom is -0.434 e. The van der Waals surface area contributed by atoms with Crippen LogP contribution >= 0.6 is 23.2 Å². The zero-order valence-corrected chi connectivity index (χ0v) is 10.5. The molecule has 1 aromatic carbocycles. The number of para-hydroxylation sites is 1. The molecule has 90 valence electrons. The quantitative estimate of drug-likeness (QED) is 0.852. The first-order valence-corrected chi connectivity index (χ1v) is 5.65. The van der Waals surface area contributed by atoms with Crippen LogP contribution in [0.2, 0.25) is 10.0 Å². The molecule has 0 fully saturated rings. The fraction of sp³-hybridized carbons (Fsp3) is 0. The van der Waals surface area contributed by atoms with Crippen LogP contribution in [-0.4, -0.2) is 4.98 Å². The lowest BCUT2D eigenvalue weighted by molar-refractivity contribution is 0.465. The molecule has 0 saturated heterocycles. The number of nitrogen functional groups attached to an aromatic ring is 1. The molecule has 6 heteroatoms. The lowest BCUT2D eigenvalue weighted by atomic mass is 10.3. The Morgan fingerprint density at radius 1 is 1.28 bits per heavy atom. The van der Waals surface area contributed by atoms with Gasteiger partial charge in [-0.15, -0.1) is 0 Å². The lowest BCUT2D eigenvalue weighted by Crippen LogP contribution is -1.95. The van der Waals surface area contributed by atoms with E-state index in [0.29, 0.717) is 10.7 Å². The fourth-order valence-electron chi connectivity index (χ4n) is 1.31. The Morgan fingerprint density at radius 3 is 2.72 bits per heavy atom. The highest BCUT2D eigenvalue weighted by Crippen LogP contribution is 2.37. The van der Waals surface area contributed by atoms with E-state index in [2.05, 4.69) is 4.98 Å². The highest BCUT2D eigenvalue weighted by molar-refractivity contribution is 6.33. The Kier molecular flexibility index (Phi) is 3.56. The molecule has 0 aliphatic carbocycles. The third-order valence-corrected chi connectivity index (χ3v) is 2.84. The number of benzene rings is 1. The monoisotopic (exact) mass is 279 g/mol. The van der Waals surface area contributed by atoms with Crippen molar-refractivity contribution >= 4 is 28.9 Å². The molecule has 0 spiro atoms. The maximum atomic E-state index is 8.85. The van der Waals surface area contributed by atoms with Gasteiger partial charge in [0.2, 0.25) is 5.88 Å². The first kappa shape index (κ1) is 12.5. The van der Waals surface area contributed by atoms with Gasteiger partial charge in [-0.1, -0.05) is 29.3 Å². The Balaban J connectivity index is 2.44. The van der Waals surface area contributed by atoms with Crippen LogP contribution in [0.3, 0.4) is 0 Å². The molecular weight excluding hydrogens is 273 g/mol. The molecule has 2 aromatic rings. The van der Waals surface area contributed by atoms with Gasteiger partial charge in [0.25, 0.3) is 0 Å². The van der Waals surface area contributed by atoms with Crippen LogP contribution < -0.4 is 10.5 Å². The minimum atomic E-state index is 0.0931. The number of halogens is 2. The number of aromatic nitrogens is 1. The van der Waals surface area contributed by atoms with Crippen LogP contribution in [0.1, 0.15) is 5.56 Å². The van der Waals surface area contributed by atoms with Gasteiger partial charge in [0.05, 0.1) is 16.3 Å². The molecule has 0 aliphatic heterocycles. The van der Waals surface area contributed by atoms with E-state index in [-0.39, 0.29) is 22.2 Å². The molecule has 1 heterocycles. The topological polar surface area (TPSA) is 71.9 Å². The average molecular weight is 280 g/mol. The Morgan fingerprint density at radius 2 is 2.06 bits per heavy atom. The van der Waals surface area contributed by atoms with Crippen LogP contribution in [-0.2, 0) is 0 Å². The summed E-state index contributed by atoms with van der Waals surface area (Å²) in [7, 11) is 0. The van der Waals surface area contributed by atoms with Crippen molar-refractivity contribution in [2.75, 3.05) is 5.73 Å². The van der Waals surface area contributed by atoms with Crippen molar-refractivity contribution in [3.63, 3.8) is 0 Å². The maximum Gasteiger partial charge on any atom is 0.239 e. The smallest absolute Gasteiger partial charge is 0.239 e. The highest BCUT2D eigenvalue weighted by Gasteiger charge is 2.13. The minimum absolute atomic E-state index is 0.0931. The van der Waals surface area contributed by atoms with Crippen LogP contribution in [0.4, 0.5) is 5.69 Å². The number of ether oxygens (including phenoxy) is 1. The normalized spacial score (nSPS) is 9.83. The zero-order chi connectivity index (χ0) is 13.1. The van der Waals surface area contributed by atoms with Gasteiger partial charge in [-0.25, -0.2) is 4.98 Å². The maximum absolute atomic E-state index is 8.85. The van der Waals surface area contributed by atoms with E-state index in [0.717, 1.165) is 0 Å². The highest BCUT2D eigenvalue weighted by atomic mass is 35.5. The first-order chi connectivity index (χ1) is 8.63. The van der Waals surface area contributed by atoms with Gasteiger partial charge in [-0.2, -0.15) is 5.26 Å². The van der Waals surface area contributed by atoms with Crippen LogP contribution in [0, 0.1) is 11.3 Å². The van der Waals surface area contributed by atoms with E-state index in [9.17, 15) is 0 Å². The molecule has 0 amide bonds. The number of rotatable bonds is 2. The van der Waals surface area contributed by atoms with Crippen LogP contribution in [0.5, 0.6) is 11.6 Å². The Labute approximate surface area is 114 Å². The largest absolute Gasteiger partial charge is 0.434 e. The van der Waals surface area contributed by atoms with E-state index in [1.807, 2.05) is 6.07 Å². The summed E-state index contributed by atoms with van der Waals surface area (Å²) >= 11 is 11.9. The van der Waals surface area contributed by atoms with Crippen molar-refractivity contribution < 1.29 is 4.74 Å². The van der Waals surface area contributed by atoms with E-state index in [4.69, 9.17) is 38.9 Å². The molecule has 4 nitrogen and oxygen atoms in total. The molecule has 0 bridgehead atoms. The molecule has 0 aliphatic rings. The van der Waals surface area contributed by atoms with Crippen molar-refractivity contribution in [2.45, 2.75) is 0 Å². The summed E-state index contributed by atoms with van der Waals surface area (Å²) in [6.07, 6.45) is 1.42. The third kappa shape index (κ3) is 2.33. The van der Waals surface area contributed by atoms with Crippen LogP contribution in [0.15, 0.2) is 30.5 Å². The van der Waals surface area contributed by atoms with E-state index in [1.54, 1.807) is 18.2 Å². The SMILES string of the molecule is N#Cc1ccnc(Oc2c(N)cccc2Cl)c1Cl. The Bertz CT molecular complexity index is 617. The number of nitrogens with zero attached hydrogens (tertiary/aromatic N) is 2. The zero-order valence-electron chi connectivity index (χ0n) is 9.02. The van der Waals surface area contributed by atoms with Gasteiger partial charge >= 0.3 is 0 Å². The summed E-state index contributed by atoms with van der Waals surface area (Å²) in [6.45, 7) is 0. The number of nitrogens with two attached hydrogens (primary N) is 1. The molecule has 0 saturated carbocycles. The third-order valence-electron chi connectivity index (χ3n) is 2.17. The average Bonchev–Trinajstić information content (AvgIpc) is 2.36. The Hall–Kier alpha value is -1.96. The molecule has 0 unspecified atom stereocenters. The fourth-order valence-corrected chi connectivity index (χ4v) is 1.72. The second-order valence-corrected chi connectivity index (χ2v) is 4.13. The number of hydrogen-bond acceptors (Lipinski definition) is 4. The standard InChI is InChI=1S/C12H7Cl2N3O/c13-8-2-1-3-9(16)11(8)18-12-10(14)7(6-15)4-5-17-12/h1-5H,16H2. The summed E-state index contributed by atoms with van der Waals surface area (Å²) in [5.41, 5.74) is 6.38. The second-order valence-electron chi connectivity index (χ2n) is 3.35. The van der Waals surface area contributed by atoms with E-state index >= 15 is 0 Å². The molecule has 0 radical (unpaired) electrons. The molecule has 0 atom stereocenters.